The predicted molar refractivity (Wildman–Crippen MR) is 74.4 cm³/mol. The van der Waals surface area contributed by atoms with Crippen molar-refractivity contribution < 1.29 is 13.2 Å². The minimum atomic E-state index is -4.59. The Hall–Kier alpha value is -1.83. The molecule has 2 rings (SSSR count). The van der Waals surface area contributed by atoms with E-state index in [1.165, 1.54) is 13.1 Å². The summed E-state index contributed by atoms with van der Waals surface area (Å²) in [4.78, 5) is 11.3. The van der Waals surface area contributed by atoms with Crippen molar-refractivity contribution in [2.75, 3.05) is 12.4 Å². The Morgan fingerprint density at radius 2 is 1.67 bits per heavy atom. The quantitative estimate of drug-likeness (QED) is 0.876. The summed E-state index contributed by atoms with van der Waals surface area (Å²) in [5, 5.41) is 3.40. The summed E-state index contributed by atoms with van der Waals surface area (Å²) < 4.78 is 38.3. The smallest absolute Gasteiger partial charge is 0.373 e. The van der Waals surface area contributed by atoms with Gasteiger partial charge in [-0.2, -0.15) is 13.2 Å². The van der Waals surface area contributed by atoms with Crippen LogP contribution in [0.5, 0.6) is 0 Å². The number of hydrogen-bond donors (Lipinski definition) is 1. The van der Waals surface area contributed by atoms with Gasteiger partial charge in [0.05, 0.1) is 0 Å². The maximum atomic E-state index is 12.8. The number of nitrogens with zero attached hydrogens (tertiary/aromatic N) is 3. The van der Waals surface area contributed by atoms with Crippen LogP contribution in [0.15, 0.2) is 28.3 Å². The van der Waals surface area contributed by atoms with Crippen molar-refractivity contribution in [1.29, 1.82) is 0 Å². The molecule has 0 saturated carbocycles. The molecule has 0 radical (unpaired) electrons. The lowest BCUT2D eigenvalue weighted by atomic mass is 10.3. The Bertz CT molecular complexity index is 638. The highest BCUT2D eigenvalue weighted by Crippen LogP contribution is 2.32. The van der Waals surface area contributed by atoms with Crippen LogP contribution in [0.3, 0.4) is 0 Å². The Balaban J connectivity index is 2.39. The first-order valence-electron chi connectivity index (χ1n) is 6.05. The zero-order chi connectivity index (χ0) is 15.6. The zero-order valence-corrected chi connectivity index (χ0v) is 12.4. The summed E-state index contributed by atoms with van der Waals surface area (Å²) in [7, 11) is 1.51. The molecule has 0 atom stereocenters. The van der Waals surface area contributed by atoms with Gasteiger partial charge in [0.25, 0.3) is 0 Å². The van der Waals surface area contributed by atoms with Crippen molar-refractivity contribution >= 4 is 17.6 Å². The van der Waals surface area contributed by atoms with Crippen LogP contribution < -0.4 is 5.32 Å². The third kappa shape index (κ3) is 4.07. The molecule has 2 aromatic heterocycles. The summed E-state index contributed by atoms with van der Waals surface area (Å²) in [5.74, 6) is -1.05. The molecule has 0 unspecified atom stereocenters. The fourth-order valence-corrected chi connectivity index (χ4v) is 2.65. The molecule has 0 bridgehead atoms. The van der Waals surface area contributed by atoms with Crippen molar-refractivity contribution in [3.05, 3.63) is 35.3 Å². The molecule has 0 spiro atoms. The number of alkyl halides is 3. The number of pyridine rings is 1. The van der Waals surface area contributed by atoms with Gasteiger partial charge in [-0.3, -0.25) is 0 Å². The maximum Gasteiger partial charge on any atom is 0.451 e. The molecule has 1 N–H and O–H groups in total. The summed E-state index contributed by atoms with van der Waals surface area (Å²) in [6, 6.07) is 5.15. The largest absolute Gasteiger partial charge is 0.451 e. The maximum absolute atomic E-state index is 12.8. The topological polar surface area (TPSA) is 50.7 Å². The van der Waals surface area contributed by atoms with Gasteiger partial charge < -0.3 is 5.32 Å². The van der Waals surface area contributed by atoms with E-state index in [1.807, 2.05) is 19.9 Å². The minimum Gasteiger partial charge on any atom is -0.373 e. The van der Waals surface area contributed by atoms with Crippen LogP contribution in [0.25, 0.3) is 0 Å². The Kier molecular flexibility index (Phi) is 4.36. The van der Waals surface area contributed by atoms with Crippen LogP contribution >= 0.6 is 11.8 Å². The van der Waals surface area contributed by atoms with E-state index in [9.17, 15) is 13.2 Å². The van der Waals surface area contributed by atoms with Crippen LogP contribution in [0, 0.1) is 13.8 Å². The Morgan fingerprint density at radius 3 is 2.24 bits per heavy atom. The summed E-state index contributed by atoms with van der Waals surface area (Å²) in [5.41, 5.74) is 1.79. The number of aromatic nitrogens is 3. The molecular formula is C13H13F3N4S. The van der Waals surface area contributed by atoms with Crippen molar-refractivity contribution in [2.24, 2.45) is 0 Å². The van der Waals surface area contributed by atoms with Gasteiger partial charge in [-0.25, -0.2) is 15.0 Å². The van der Waals surface area contributed by atoms with Gasteiger partial charge in [0, 0.05) is 18.8 Å². The van der Waals surface area contributed by atoms with Gasteiger partial charge in [-0.15, -0.1) is 0 Å². The first-order chi connectivity index (χ1) is 9.77. The highest BCUT2D eigenvalue weighted by molar-refractivity contribution is 7.99. The number of anilines is 1. The Morgan fingerprint density at radius 1 is 1.00 bits per heavy atom. The average Bonchev–Trinajstić information content (AvgIpc) is 2.36. The van der Waals surface area contributed by atoms with E-state index in [1.54, 1.807) is 6.07 Å². The van der Waals surface area contributed by atoms with Gasteiger partial charge in [0.1, 0.15) is 15.9 Å². The molecule has 0 aliphatic carbocycles. The highest BCUT2D eigenvalue weighted by atomic mass is 32.2. The van der Waals surface area contributed by atoms with Gasteiger partial charge in [-0.1, -0.05) is 0 Å². The fraction of sp³-hybridized carbons (Fsp3) is 0.308. The van der Waals surface area contributed by atoms with Gasteiger partial charge in [-0.05, 0) is 43.3 Å². The fourth-order valence-electron chi connectivity index (χ4n) is 1.70. The van der Waals surface area contributed by atoms with E-state index in [-0.39, 0.29) is 10.8 Å². The van der Waals surface area contributed by atoms with E-state index < -0.39 is 12.0 Å². The van der Waals surface area contributed by atoms with E-state index in [2.05, 4.69) is 20.3 Å². The summed E-state index contributed by atoms with van der Waals surface area (Å²) in [6.07, 6.45) is -4.59. The number of hydrogen-bond acceptors (Lipinski definition) is 5. The van der Waals surface area contributed by atoms with E-state index in [4.69, 9.17) is 0 Å². The number of rotatable bonds is 3. The predicted octanol–water partition coefficient (Wildman–Crippen LogP) is 3.70. The van der Waals surface area contributed by atoms with Crippen LogP contribution in [0.2, 0.25) is 0 Å². The Labute approximate surface area is 124 Å². The average molecular weight is 314 g/mol. The van der Waals surface area contributed by atoms with Crippen LogP contribution in [0.1, 0.15) is 17.1 Å². The first kappa shape index (κ1) is 15.6. The first-order valence-corrected chi connectivity index (χ1v) is 6.87. The van der Waals surface area contributed by atoms with Crippen LogP contribution in [-0.4, -0.2) is 22.0 Å². The lowest BCUT2D eigenvalue weighted by Crippen LogP contribution is -2.12. The van der Waals surface area contributed by atoms with Gasteiger partial charge >= 0.3 is 6.18 Å². The minimum absolute atomic E-state index is 0.115. The second-order valence-electron chi connectivity index (χ2n) is 4.39. The molecule has 112 valence electrons. The molecule has 0 fully saturated rings. The molecule has 0 aliphatic heterocycles. The molecule has 21 heavy (non-hydrogen) atoms. The molecule has 2 aromatic rings. The third-order valence-electron chi connectivity index (χ3n) is 2.50. The standard InChI is InChI=1S/C13H13F3N4S/c1-7-4-8(2)18-10(5-7)21-11-6-9(17-3)19-12(20-11)13(14,15)16/h4-6H,1-3H3,(H,17,19,20). The molecule has 2 heterocycles. The number of halogens is 3. The van der Waals surface area contributed by atoms with E-state index >= 15 is 0 Å². The van der Waals surface area contributed by atoms with E-state index in [0.29, 0.717) is 5.03 Å². The second-order valence-corrected chi connectivity index (χ2v) is 5.43. The molecule has 0 aliphatic rings. The van der Waals surface area contributed by atoms with Crippen molar-refractivity contribution in [3.8, 4) is 0 Å². The van der Waals surface area contributed by atoms with Gasteiger partial charge in [0.15, 0.2) is 0 Å². The number of nitrogens with one attached hydrogen (secondary N) is 1. The lowest BCUT2D eigenvalue weighted by Gasteiger charge is -2.10. The molecule has 4 nitrogen and oxygen atoms in total. The van der Waals surface area contributed by atoms with E-state index in [0.717, 1.165) is 23.0 Å². The van der Waals surface area contributed by atoms with Gasteiger partial charge in [0.2, 0.25) is 5.82 Å². The van der Waals surface area contributed by atoms with Crippen molar-refractivity contribution in [1.82, 2.24) is 15.0 Å². The second kappa shape index (κ2) is 5.88. The molecular weight excluding hydrogens is 301 g/mol. The molecule has 0 amide bonds. The molecule has 0 aromatic carbocycles. The van der Waals surface area contributed by atoms with Crippen molar-refractivity contribution in [2.45, 2.75) is 30.1 Å². The normalized spacial score (nSPS) is 11.5. The molecule has 0 saturated heterocycles. The summed E-state index contributed by atoms with van der Waals surface area (Å²) in [6.45, 7) is 3.73. The lowest BCUT2D eigenvalue weighted by molar-refractivity contribution is -0.145. The van der Waals surface area contributed by atoms with Crippen LogP contribution in [-0.2, 0) is 6.18 Å². The monoisotopic (exact) mass is 314 g/mol. The molecule has 8 heteroatoms. The summed E-state index contributed by atoms with van der Waals surface area (Å²) >= 11 is 1.07. The highest BCUT2D eigenvalue weighted by Gasteiger charge is 2.35. The third-order valence-corrected chi connectivity index (χ3v) is 3.33. The van der Waals surface area contributed by atoms with Crippen LogP contribution in [0.4, 0.5) is 19.0 Å². The zero-order valence-electron chi connectivity index (χ0n) is 11.6. The number of aryl methyl sites for hydroxylation is 2. The van der Waals surface area contributed by atoms with Crippen molar-refractivity contribution in [3.63, 3.8) is 0 Å². The SMILES string of the molecule is CNc1cc(Sc2cc(C)cc(C)n2)nc(C(F)(F)F)n1.